The van der Waals surface area contributed by atoms with Gasteiger partial charge in [-0.05, 0) is 54.7 Å². The van der Waals surface area contributed by atoms with Gasteiger partial charge in [0.15, 0.2) is 0 Å². The quantitative estimate of drug-likeness (QED) is 0.890. The molecule has 1 aliphatic heterocycles. The van der Waals surface area contributed by atoms with Gasteiger partial charge in [-0.15, -0.1) is 23.5 Å². The number of benzene rings is 1. The lowest BCUT2D eigenvalue weighted by molar-refractivity contribution is 0.0939. The van der Waals surface area contributed by atoms with Crippen molar-refractivity contribution in [1.29, 1.82) is 0 Å². The second kappa shape index (κ2) is 7.88. The maximum atomic E-state index is 12.4. The predicted octanol–water partition coefficient (Wildman–Crippen LogP) is 4.44. The minimum atomic E-state index is -0.104. The molecule has 120 valence electrons. The molecule has 0 radical (unpaired) electrons. The fourth-order valence-electron chi connectivity index (χ4n) is 2.46. The van der Waals surface area contributed by atoms with E-state index in [4.69, 9.17) is 0 Å². The van der Waals surface area contributed by atoms with Crippen LogP contribution in [-0.2, 0) is 0 Å². The molecule has 0 spiro atoms. The van der Waals surface area contributed by atoms with Gasteiger partial charge in [-0.25, -0.2) is 0 Å². The average molecular weight is 345 g/mol. The van der Waals surface area contributed by atoms with Crippen LogP contribution in [0.4, 0.5) is 0 Å². The SMILES string of the molecule is C[C@H](NC(=O)c1ccc(C2SCCCS2)cc1)c1ccccn1. The van der Waals surface area contributed by atoms with Gasteiger partial charge in [-0.1, -0.05) is 18.2 Å². The highest BCUT2D eigenvalue weighted by Crippen LogP contribution is 2.43. The van der Waals surface area contributed by atoms with E-state index >= 15 is 0 Å². The van der Waals surface area contributed by atoms with Crippen LogP contribution in [0.3, 0.4) is 0 Å². The molecule has 2 heterocycles. The normalized spacial score (nSPS) is 16.7. The number of amides is 1. The highest BCUT2D eigenvalue weighted by atomic mass is 32.2. The first kappa shape index (κ1) is 16.4. The summed E-state index contributed by atoms with van der Waals surface area (Å²) in [6.07, 6.45) is 3.03. The minimum absolute atomic E-state index is 0.0568. The van der Waals surface area contributed by atoms with E-state index in [9.17, 15) is 4.79 Å². The second-order valence-corrected chi connectivity index (χ2v) is 8.22. The summed E-state index contributed by atoms with van der Waals surface area (Å²) in [5, 5.41) is 3.00. The molecule has 0 aliphatic carbocycles. The number of thioether (sulfide) groups is 2. The lowest BCUT2D eigenvalue weighted by atomic mass is 10.1. The lowest BCUT2D eigenvalue weighted by Gasteiger charge is -2.21. The molecule has 2 aromatic rings. The minimum Gasteiger partial charge on any atom is -0.344 e. The zero-order chi connectivity index (χ0) is 16.1. The molecule has 1 fully saturated rings. The molecule has 1 aliphatic rings. The fourth-order valence-corrected chi connectivity index (χ4v) is 5.35. The fraction of sp³-hybridized carbons (Fsp3) is 0.333. The molecule has 1 N–H and O–H groups in total. The summed E-state index contributed by atoms with van der Waals surface area (Å²) in [6, 6.07) is 13.6. The molecule has 5 heteroatoms. The Kier molecular flexibility index (Phi) is 5.62. The first-order chi connectivity index (χ1) is 11.2. The number of carbonyl (C=O) groups excluding carboxylic acids is 1. The van der Waals surface area contributed by atoms with Gasteiger partial charge in [0.25, 0.3) is 5.91 Å². The molecule has 0 bridgehead atoms. The van der Waals surface area contributed by atoms with Crippen molar-refractivity contribution in [2.45, 2.75) is 24.0 Å². The van der Waals surface area contributed by atoms with Crippen molar-refractivity contribution >= 4 is 29.4 Å². The third-order valence-corrected chi connectivity index (χ3v) is 6.77. The standard InChI is InChI=1S/C18H20N2OS2/c1-13(16-5-2-3-10-19-16)20-17(21)14-6-8-15(9-7-14)18-22-11-4-12-23-18/h2-3,5-10,13,18H,4,11-12H2,1H3,(H,20,21)/t13-/m0/s1. The highest BCUT2D eigenvalue weighted by Gasteiger charge is 2.17. The van der Waals surface area contributed by atoms with Gasteiger partial charge in [0.2, 0.25) is 0 Å². The summed E-state index contributed by atoms with van der Waals surface area (Å²) in [6.45, 7) is 1.95. The molecule has 23 heavy (non-hydrogen) atoms. The van der Waals surface area contributed by atoms with Crippen molar-refractivity contribution in [3.05, 3.63) is 65.5 Å². The van der Waals surface area contributed by atoms with E-state index in [1.807, 2.05) is 60.8 Å². The Morgan fingerprint density at radius 1 is 1.17 bits per heavy atom. The summed E-state index contributed by atoms with van der Waals surface area (Å²) in [5.74, 6) is 2.39. The van der Waals surface area contributed by atoms with Crippen molar-refractivity contribution in [3.8, 4) is 0 Å². The number of rotatable bonds is 4. The van der Waals surface area contributed by atoms with Gasteiger partial charge in [-0.2, -0.15) is 0 Å². The molecule has 1 aromatic heterocycles. The predicted molar refractivity (Wildman–Crippen MR) is 98.8 cm³/mol. The summed E-state index contributed by atoms with van der Waals surface area (Å²) < 4.78 is 0.508. The largest absolute Gasteiger partial charge is 0.344 e. The van der Waals surface area contributed by atoms with Crippen molar-refractivity contribution in [1.82, 2.24) is 10.3 Å². The van der Waals surface area contributed by atoms with E-state index in [0.717, 1.165) is 5.69 Å². The Morgan fingerprint density at radius 2 is 1.91 bits per heavy atom. The van der Waals surface area contributed by atoms with Crippen LogP contribution in [0.25, 0.3) is 0 Å². The first-order valence-corrected chi connectivity index (χ1v) is 9.89. The van der Waals surface area contributed by atoms with Crippen molar-refractivity contribution in [3.63, 3.8) is 0 Å². The highest BCUT2D eigenvalue weighted by molar-refractivity contribution is 8.16. The maximum Gasteiger partial charge on any atom is 0.251 e. The van der Waals surface area contributed by atoms with Crippen LogP contribution in [0.2, 0.25) is 0 Å². The molecule has 3 nitrogen and oxygen atoms in total. The van der Waals surface area contributed by atoms with Crippen molar-refractivity contribution in [2.24, 2.45) is 0 Å². The first-order valence-electron chi connectivity index (χ1n) is 7.79. The number of aromatic nitrogens is 1. The Balaban J connectivity index is 1.63. The van der Waals surface area contributed by atoms with E-state index in [0.29, 0.717) is 10.1 Å². The summed E-state index contributed by atoms with van der Waals surface area (Å²) in [5.41, 5.74) is 2.86. The van der Waals surface area contributed by atoms with Gasteiger partial charge in [-0.3, -0.25) is 9.78 Å². The average Bonchev–Trinajstić information content (AvgIpc) is 2.63. The van der Waals surface area contributed by atoms with Crippen molar-refractivity contribution < 1.29 is 4.79 Å². The van der Waals surface area contributed by atoms with Crippen LogP contribution in [0.5, 0.6) is 0 Å². The Labute approximate surface area is 145 Å². The number of nitrogens with zero attached hydrogens (tertiary/aromatic N) is 1. The van der Waals surface area contributed by atoms with Gasteiger partial charge in [0.05, 0.1) is 16.3 Å². The summed E-state index contributed by atoms with van der Waals surface area (Å²) in [4.78, 5) is 16.6. The lowest BCUT2D eigenvalue weighted by Crippen LogP contribution is -2.27. The van der Waals surface area contributed by atoms with Gasteiger partial charge in [0, 0.05) is 11.8 Å². The number of nitrogens with one attached hydrogen (secondary N) is 1. The van der Waals surface area contributed by atoms with E-state index < -0.39 is 0 Å². The zero-order valence-corrected chi connectivity index (χ0v) is 14.7. The third-order valence-electron chi connectivity index (χ3n) is 3.75. The molecule has 1 amide bonds. The molecule has 0 saturated carbocycles. The van der Waals surface area contributed by atoms with Crippen LogP contribution < -0.4 is 5.32 Å². The number of carbonyl (C=O) groups is 1. The van der Waals surface area contributed by atoms with E-state index in [-0.39, 0.29) is 11.9 Å². The number of pyridine rings is 1. The van der Waals surface area contributed by atoms with E-state index in [1.165, 1.54) is 23.5 Å². The number of hydrogen-bond donors (Lipinski definition) is 1. The smallest absolute Gasteiger partial charge is 0.251 e. The van der Waals surface area contributed by atoms with Crippen molar-refractivity contribution in [2.75, 3.05) is 11.5 Å². The van der Waals surface area contributed by atoms with Gasteiger partial charge < -0.3 is 5.32 Å². The monoisotopic (exact) mass is 344 g/mol. The second-order valence-electron chi connectivity index (χ2n) is 5.50. The Hall–Kier alpha value is -1.46. The molecular formula is C18H20N2OS2. The number of hydrogen-bond acceptors (Lipinski definition) is 4. The third kappa shape index (κ3) is 4.30. The molecule has 1 aromatic carbocycles. The van der Waals surface area contributed by atoms with Crippen LogP contribution in [0.1, 0.15) is 45.6 Å². The summed E-state index contributed by atoms with van der Waals surface area (Å²) >= 11 is 3.99. The van der Waals surface area contributed by atoms with E-state index in [1.54, 1.807) is 6.20 Å². The molecule has 1 saturated heterocycles. The van der Waals surface area contributed by atoms with Crippen LogP contribution in [-0.4, -0.2) is 22.4 Å². The van der Waals surface area contributed by atoms with E-state index in [2.05, 4.69) is 22.4 Å². The topological polar surface area (TPSA) is 42.0 Å². The molecule has 1 atom stereocenters. The zero-order valence-electron chi connectivity index (χ0n) is 13.1. The van der Waals surface area contributed by atoms with Crippen LogP contribution in [0.15, 0.2) is 48.7 Å². The molecule has 0 unspecified atom stereocenters. The molecule has 3 rings (SSSR count). The maximum absolute atomic E-state index is 12.4. The summed E-state index contributed by atoms with van der Waals surface area (Å²) in [7, 11) is 0. The van der Waals surface area contributed by atoms with Gasteiger partial charge >= 0.3 is 0 Å². The Morgan fingerprint density at radius 3 is 2.57 bits per heavy atom. The van der Waals surface area contributed by atoms with Crippen LogP contribution >= 0.6 is 23.5 Å². The van der Waals surface area contributed by atoms with Crippen LogP contribution in [0, 0.1) is 0 Å². The van der Waals surface area contributed by atoms with Gasteiger partial charge in [0.1, 0.15) is 0 Å². The Bertz CT molecular complexity index is 640. The molecular weight excluding hydrogens is 324 g/mol.